The van der Waals surface area contributed by atoms with Crippen molar-refractivity contribution in [1.82, 2.24) is 0 Å². The molecule has 0 amide bonds. The Morgan fingerprint density at radius 2 is 2.08 bits per heavy atom. The molecule has 1 fully saturated rings. The van der Waals surface area contributed by atoms with E-state index in [0.29, 0.717) is 10.8 Å². The quantitative estimate of drug-likeness (QED) is 0.676. The minimum atomic E-state index is 0.392. The molecule has 0 atom stereocenters. The first-order chi connectivity index (χ1) is 6.20. The Morgan fingerprint density at radius 3 is 2.62 bits per heavy atom. The van der Waals surface area contributed by atoms with Gasteiger partial charge in [0.2, 0.25) is 0 Å². The molecule has 13 heavy (non-hydrogen) atoms. The molecule has 1 N–H and O–H groups in total. The van der Waals surface area contributed by atoms with E-state index in [1.54, 1.807) is 0 Å². The van der Waals surface area contributed by atoms with E-state index in [1.165, 1.54) is 0 Å². The Labute approximate surface area is 82.7 Å². The normalized spacial score (nSPS) is 14.5. The number of aryl methyl sites for hydroxylation is 1. The van der Waals surface area contributed by atoms with Gasteiger partial charge >= 0.3 is 0 Å². The largest absolute Gasteiger partial charge is 0.507 e. The van der Waals surface area contributed by atoms with Crippen LogP contribution in [-0.4, -0.2) is 5.11 Å². The lowest BCUT2D eigenvalue weighted by atomic mass is 10.1. The van der Waals surface area contributed by atoms with Gasteiger partial charge in [-0.05, 0) is 37.0 Å². The Morgan fingerprint density at radius 1 is 1.38 bits per heavy atom. The molecule has 0 heterocycles. The Hall–Kier alpha value is -0.950. The molecule has 0 aromatic heterocycles. The fourth-order valence-electron chi connectivity index (χ4n) is 1.41. The zero-order valence-electron chi connectivity index (χ0n) is 7.47. The molecule has 0 saturated heterocycles. The van der Waals surface area contributed by atoms with Crippen LogP contribution in [0.3, 0.4) is 0 Å². The average Bonchev–Trinajstić information content (AvgIpc) is 2.85. The van der Waals surface area contributed by atoms with Gasteiger partial charge in [-0.3, -0.25) is 0 Å². The van der Waals surface area contributed by atoms with Gasteiger partial charge in [-0.25, -0.2) is 0 Å². The SMILES string of the molecule is Cc1cccc(Cl)c1C(O)=C1CC1. The highest BCUT2D eigenvalue weighted by molar-refractivity contribution is 6.32. The predicted molar refractivity (Wildman–Crippen MR) is 55.0 cm³/mol. The van der Waals surface area contributed by atoms with Crippen LogP contribution in [0.5, 0.6) is 0 Å². The minimum absolute atomic E-state index is 0.392. The maximum atomic E-state index is 9.82. The first kappa shape index (κ1) is 8.64. The second-order valence-corrected chi connectivity index (χ2v) is 3.79. The van der Waals surface area contributed by atoms with Gasteiger partial charge in [-0.2, -0.15) is 0 Å². The van der Waals surface area contributed by atoms with Gasteiger partial charge in [-0.15, -0.1) is 0 Å². The lowest BCUT2D eigenvalue weighted by molar-refractivity contribution is 0.509. The van der Waals surface area contributed by atoms with E-state index in [2.05, 4.69) is 0 Å². The third-order valence-electron chi connectivity index (χ3n) is 2.29. The highest BCUT2D eigenvalue weighted by atomic mass is 35.5. The Bertz CT molecular complexity index is 353. The predicted octanol–water partition coefficient (Wildman–Crippen LogP) is 3.71. The Kier molecular flexibility index (Phi) is 2.04. The van der Waals surface area contributed by atoms with Gasteiger partial charge < -0.3 is 5.11 Å². The number of hydrogen-bond donors (Lipinski definition) is 1. The van der Waals surface area contributed by atoms with Gasteiger partial charge in [0.25, 0.3) is 0 Å². The summed E-state index contributed by atoms with van der Waals surface area (Å²) in [5.74, 6) is 0.392. The zero-order valence-corrected chi connectivity index (χ0v) is 8.23. The fraction of sp³-hybridized carbons (Fsp3) is 0.273. The van der Waals surface area contributed by atoms with Crippen molar-refractivity contribution in [2.24, 2.45) is 0 Å². The first-order valence-electron chi connectivity index (χ1n) is 4.36. The Balaban J connectivity index is 2.56. The summed E-state index contributed by atoms with van der Waals surface area (Å²) in [7, 11) is 0. The van der Waals surface area contributed by atoms with Gasteiger partial charge in [-0.1, -0.05) is 23.7 Å². The van der Waals surface area contributed by atoms with E-state index in [9.17, 15) is 5.11 Å². The summed E-state index contributed by atoms with van der Waals surface area (Å²) in [6.45, 7) is 1.96. The van der Waals surface area contributed by atoms with Crippen LogP contribution < -0.4 is 0 Å². The number of hydrogen-bond acceptors (Lipinski definition) is 1. The lowest BCUT2D eigenvalue weighted by Gasteiger charge is -2.06. The first-order valence-corrected chi connectivity index (χ1v) is 4.74. The van der Waals surface area contributed by atoms with Crippen molar-refractivity contribution in [3.63, 3.8) is 0 Å². The van der Waals surface area contributed by atoms with Crippen molar-refractivity contribution in [2.45, 2.75) is 19.8 Å². The molecule has 1 aliphatic rings. The number of aliphatic hydroxyl groups is 1. The number of aliphatic hydroxyl groups excluding tert-OH is 1. The number of rotatable bonds is 1. The van der Waals surface area contributed by atoms with E-state index in [1.807, 2.05) is 25.1 Å². The molecule has 0 aliphatic heterocycles. The average molecular weight is 195 g/mol. The van der Waals surface area contributed by atoms with E-state index < -0.39 is 0 Å². The van der Waals surface area contributed by atoms with Crippen LogP contribution in [0, 0.1) is 6.92 Å². The molecule has 1 saturated carbocycles. The van der Waals surface area contributed by atoms with E-state index in [4.69, 9.17) is 11.6 Å². The monoisotopic (exact) mass is 194 g/mol. The molecular weight excluding hydrogens is 184 g/mol. The van der Waals surface area contributed by atoms with Crippen LogP contribution in [0.15, 0.2) is 23.8 Å². The van der Waals surface area contributed by atoms with Crippen molar-refractivity contribution >= 4 is 17.4 Å². The summed E-state index contributed by atoms with van der Waals surface area (Å²) in [6, 6.07) is 5.66. The second kappa shape index (κ2) is 3.08. The molecule has 0 radical (unpaired) electrons. The molecule has 1 aromatic rings. The summed E-state index contributed by atoms with van der Waals surface area (Å²) in [5.41, 5.74) is 2.96. The number of benzene rings is 1. The summed E-state index contributed by atoms with van der Waals surface area (Å²) in [6.07, 6.45) is 2.02. The topological polar surface area (TPSA) is 20.2 Å². The van der Waals surface area contributed by atoms with Crippen LogP contribution in [-0.2, 0) is 0 Å². The molecular formula is C11H11ClO. The van der Waals surface area contributed by atoms with Crippen molar-refractivity contribution < 1.29 is 5.11 Å². The molecule has 0 spiro atoms. The maximum Gasteiger partial charge on any atom is 0.123 e. The van der Waals surface area contributed by atoms with Crippen LogP contribution in [0.25, 0.3) is 5.76 Å². The molecule has 2 rings (SSSR count). The molecule has 1 aromatic carbocycles. The minimum Gasteiger partial charge on any atom is -0.507 e. The van der Waals surface area contributed by atoms with Gasteiger partial charge in [0.05, 0.1) is 5.02 Å². The molecule has 0 unspecified atom stereocenters. The third kappa shape index (κ3) is 1.56. The van der Waals surface area contributed by atoms with Crippen LogP contribution in [0.1, 0.15) is 24.0 Å². The van der Waals surface area contributed by atoms with Gasteiger partial charge in [0.15, 0.2) is 0 Å². The highest BCUT2D eigenvalue weighted by Crippen LogP contribution is 2.38. The van der Waals surface area contributed by atoms with Crippen molar-refractivity contribution in [2.75, 3.05) is 0 Å². The summed E-state index contributed by atoms with van der Waals surface area (Å²) < 4.78 is 0. The van der Waals surface area contributed by atoms with Crippen LogP contribution in [0.4, 0.5) is 0 Å². The van der Waals surface area contributed by atoms with Crippen LogP contribution >= 0.6 is 11.6 Å². The summed E-state index contributed by atoms with van der Waals surface area (Å²) >= 11 is 6.00. The third-order valence-corrected chi connectivity index (χ3v) is 2.61. The van der Waals surface area contributed by atoms with Crippen molar-refractivity contribution in [3.8, 4) is 0 Å². The van der Waals surface area contributed by atoms with Gasteiger partial charge in [0.1, 0.15) is 5.76 Å². The molecule has 1 nitrogen and oxygen atoms in total. The van der Waals surface area contributed by atoms with Crippen molar-refractivity contribution in [3.05, 3.63) is 39.9 Å². The molecule has 68 valence electrons. The zero-order chi connectivity index (χ0) is 9.42. The highest BCUT2D eigenvalue weighted by Gasteiger charge is 2.20. The van der Waals surface area contributed by atoms with Gasteiger partial charge in [0, 0.05) is 5.56 Å². The molecule has 2 heteroatoms. The molecule has 1 aliphatic carbocycles. The maximum absolute atomic E-state index is 9.82. The standard InChI is InChI=1S/C11H11ClO/c1-7-3-2-4-9(12)10(7)11(13)8-5-6-8/h2-4,13H,5-6H2,1H3. The van der Waals surface area contributed by atoms with Crippen LogP contribution in [0.2, 0.25) is 5.02 Å². The van der Waals surface area contributed by atoms with E-state index >= 15 is 0 Å². The summed E-state index contributed by atoms with van der Waals surface area (Å²) in [4.78, 5) is 0. The van der Waals surface area contributed by atoms with Crippen molar-refractivity contribution in [1.29, 1.82) is 0 Å². The molecule has 0 bridgehead atoms. The summed E-state index contributed by atoms with van der Waals surface area (Å²) in [5, 5.41) is 10.5. The lowest BCUT2D eigenvalue weighted by Crippen LogP contribution is -1.89. The smallest absolute Gasteiger partial charge is 0.123 e. The van der Waals surface area contributed by atoms with E-state index in [-0.39, 0.29) is 0 Å². The number of allylic oxidation sites excluding steroid dienone is 1. The van der Waals surface area contributed by atoms with E-state index in [0.717, 1.165) is 29.5 Å². The second-order valence-electron chi connectivity index (χ2n) is 3.38. The fourth-order valence-corrected chi connectivity index (χ4v) is 1.72. The number of halogens is 1.